The maximum atomic E-state index is 12.1. The minimum Gasteiger partial charge on any atom is -0.339 e. The van der Waals surface area contributed by atoms with E-state index >= 15 is 0 Å². The van der Waals surface area contributed by atoms with Gasteiger partial charge in [0.15, 0.2) is 0 Å². The van der Waals surface area contributed by atoms with E-state index in [9.17, 15) is 4.79 Å². The lowest BCUT2D eigenvalue weighted by Gasteiger charge is -2.20. The molecule has 0 fully saturated rings. The molecule has 0 radical (unpaired) electrons. The van der Waals surface area contributed by atoms with Crippen LogP contribution >= 0.6 is 27.5 Å². The van der Waals surface area contributed by atoms with Gasteiger partial charge < -0.3 is 4.90 Å². The lowest BCUT2D eigenvalue weighted by molar-refractivity contribution is 0.0764. The number of rotatable bonds is 5. The van der Waals surface area contributed by atoms with Gasteiger partial charge in [0, 0.05) is 35.8 Å². The van der Waals surface area contributed by atoms with Crippen molar-refractivity contribution in [1.29, 1.82) is 0 Å². The lowest BCUT2D eigenvalue weighted by Crippen LogP contribution is -2.32. The zero-order chi connectivity index (χ0) is 12.0. The van der Waals surface area contributed by atoms with Crippen molar-refractivity contribution in [2.45, 2.75) is 13.3 Å². The van der Waals surface area contributed by atoms with Crippen LogP contribution in [0.1, 0.15) is 23.7 Å². The van der Waals surface area contributed by atoms with Crippen molar-refractivity contribution in [2.75, 3.05) is 19.0 Å². The Balaban J connectivity index is 2.74. The predicted molar refractivity (Wildman–Crippen MR) is 68.9 cm³/mol. The van der Waals surface area contributed by atoms with Gasteiger partial charge in [-0.3, -0.25) is 9.78 Å². The van der Waals surface area contributed by atoms with Gasteiger partial charge >= 0.3 is 0 Å². The van der Waals surface area contributed by atoms with Crippen molar-refractivity contribution in [3.63, 3.8) is 0 Å². The van der Waals surface area contributed by atoms with E-state index in [1.165, 1.54) is 0 Å². The van der Waals surface area contributed by atoms with E-state index in [1.54, 1.807) is 23.4 Å². The van der Waals surface area contributed by atoms with Crippen molar-refractivity contribution < 1.29 is 4.79 Å². The summed E-state index contributed by atoms with van der Waals surface area (Å²) in [5.41, 5.74) is 0.603. The van der Waals surface area contributed by atoms with Crippen molar-refractivity contribution in [3.8, 4) is 0 Å². The second kappa shape index (κ2) is 6.86. The Labute approximate surface area is 109 Å². The summed E-state index contributed by atoms with van der Waals surface area (Å²) < 4.78 is 0.812. The van der Waals surface area contributed by atoms with Crippen LogP contribution in [0.2, 0.25) is 0 Å². The van der Waals surface area contributed by atoms with Gasteiger partial charge in [0.2, 0.25) is 0 Å². The van der Waals surface area contributed by atoms with Crippen molar-refractivity contribution in [1.82, 2.24) is 9.88 Å². The Bertz CT molecular complexity index is 360. The predicted octanol–water partition coefficient (Wildman–Crippen LogP) is 2.94. The highest BCUT2D eigenvalue weighted by Crippen LogP contribution is 2.12. The largest absolute Gasteiger partial charge is 0.339 e. The van der Waals surface area contributed by atoms with Gasteiger partial charge in [0.1, 0.15) is 0 Å². The second-order valence-electron chi connectivity index (χ2n) is 3.32. The van der Waals surface area contributed by atoms with Gasteiger partial charge in [0.25, 0.3) is 5.91 Å². The zero-order valence-electron chi connectivity index (χ0n) is 9.12. The smallest absolute Gasteiger partial charge is 0.255 e. The first-order valence-electron chi connectivity index (χ1n) is 5.14. The number of hydrogen-bond acceptors (Lipinski definition) is 2. The van der Waals surface area contributed by atoms with E-state index in [0.29, 0.717) is 24.5 Å². The SMILES string of the molecule is CCN(CCCCl)C(=O)c1cncc(Br)c1. The van der Waals surface area contributed by atoms with Crippen LogP contribution in [0.4, 0.5) is 0 Å². The number of halogens is 2. The van der Waals surface area contributed by atoms with Crippen LogP contribution in [0.15, 0.2) is 22.9 Å². The maximum absolute atomic E-state index is 12.1. The summed E-state index contributed by atoms with van der Waals surface area (Å²) in [5.74, 6) is 0.571. The van der Waals surface area contributed by atoms with Gasteiger partial charge in [-0.15, -0.1) is 11.6 Å². The van der Waals surface area contributed by atoms with Gasteiger partial charge in [-0.1, -0.05) is 0 Å². The van der Waals surface area contributed by atoms with E-state index < -0.39 is 0 Å². The van der Waals surface area contributed by atoms with Crippen LogP contribution in [0, 0.1) is 0 Å². The number of pyridine rings is 1. The molecule has 0 aromatic carbocycles. The Kier molecular flexibility index (Phi) is 5.77. The Morgan fingerprint density at radius 3 is 2.88 bits per heavy atom. The summed E-state index contributed by atoms with van der Waals surface area (Å²) in [5, 5.41) is 0. The lowest BCUT2D eigenvalue weighted by atomic mass is 10.2. The van der Waals surface area contributed by atoms with E-state index in [1.807, 2.05) is 6.92 Å². The summed E-state index contributed by atoms with van der Waals surface area (Å²) in [4.78, 5) is 17.8. The fraction of sp³-hybridized carbons (Fsp3) is 0.455. The van der Waals surface area contributed by atoms with Gasteiger partial charge in [-0.05, 0) is 35.3 Å². The molecule has 1 aromatic heterocycles. The van der Waals surface area contributed by atoms with Crippen LogP contribution in [0.3, 0.4) is 0 Å². The van der Waals surface area contributed by atoms with Gasteiger partial charge in [-0.25, -0.2) is 0 Å². The minimum atomic E-state index is 0.00131. The fourth-order valence-corrected chi connectivity index (χ4v) is 1.85. The molecule has 1 amide bonds. The molecule has 0 unspecified atom stereocenters. The molecule has 0 saturated carbocycles. The first kappa shape index (κ1) is 13.5. The van der Waals surface area contributed by atoms with E-state index in [-0.39, 0.29) is 5.91 Å². The Morgan fingerprint density at radius 2 is 2.31 bits per heavy atom. The number of nitrogens with zero attached hydrogens (tertiary/aromatic N) is 2. The van der Waals surface area contributed by atoms with Crippen LogP contribution in [-0.4, -0.2) is 34.8 Å². The highest BCUT2D eigenvalue weighted by molar-refractivity contribution is 9.10. The highest BCUT2D eigenvalue weighted by atomic mass is 79.9. The number of hydrogen-bond donors (Lipinski definition) is 0. The third-order valence-electron chi connectivity index (χ3n) is 2.18. The van der Waals surface area contributed by atoms with E-state index in [0.717, 1.165) is 10.9 Å². The monoisotopic (exact) mass is 304 g/mol. The van der Waals surface area contributed by atoms with Crippen molar-refractivity contribution in [2.24, 2.45) is 0 Å². The molecule has 3 nitrogen and oxygen atoms in total. The quantitative estimate of drug-likeness (QED) is 0.784. The number of aromatic nitrogens is 1. The third-order valence-corrected chi connectivity index (χ3v) is 2.88. The maximum Gasteiger partial charge on any atom is 0.255 e. The molecular formula is C11H14BrClN2O. The standard InChI is InChI=1S/C11H14BrClN2O/c1-2-15(5-3-4-13)11(16)9-6-10(12)8-14-7-9/h6-8H,2-5H2,1H3. The number of amides is 1. The summed E-state index contributed by atoms with van der Waals surface area (Å²) in [6.07, 6.45) is 4.05. The van der Waals surface area contributed by atoms with Crippen LogP contribution in [-0.2, 0) is 0 Å². The second-order valence-corrected chi connectivity index (χ2v) is 4.61. The molecule has 0 aliphatic carbocycles. The molecule has 0 atom stereocenters. The molecule has 0 saturated heterocycles. The topological polar surface area (TPSA) is 33.2 Å². The Hall–Kier alpha value is -0.610. The molecule has 0 spiro atoms. The average Bonchev–Trinajstić information content (AvgIpc) is 2.29. The molecule has 0 aliphatic rings. The van der Waals surface area contributed by atoms with Gasteiger partial charge in [-0.2, -0.15) is 0 Å². The molecule has 88 valence electrons. The highest BCUT2D eigenvalue weighted by Gasteiger charge is 2.13. The molecule has 0 bridgehead atoms. The molecular weight excluding hydrogens is 291 g/mol. The summed E-state index contributed by atoms with van der Waals surface area (Å²) in [6.45, 7) is 3.32. The van der Waals surface area contributed by atoms with Gasteiger partial charge in [0.05, 0.1) is 5.56 Å². The molecule has 1 heterocycles. The minimum absolute atomic E-state index is 0.00131. The number of carbonyl (C=O) groups excluding carboxylic acids is 1. The van der Waals surface area contributed by atoms with Crippen LogP contribution < -0.4 is 0 Å². The zero-order valence-corrected chi connectivity index (χ0v) is 11.5. The summed E-state index contributed by atoms with van der Waals surface area (Å²) >= 11 is 8.92. The van der Waals surface area contributed by atoms with Crippen LogP contribution in [0.5, 0.6) is 0 Å². The fourth-order valence-electron chi connectivity index (χ4n) is 1.37. The van der Waals surface area contributed by atoms with E-state index in [2.05, 4.69) is 20.9 Å². The normalized spacial score (nSPS) is 10.2. The molecule has 5 heteroatoms. The molecule has 1 rings (SSSR count). The molecule has 0 N–H and O–H groups in total. The van der Waals surface area contributed by atoms with E-state index in [4.69, 9.17) is 11.6 Å². The van der Waals surface area contributed by atoms with Crippen molar-refractivity contribution in [3.05, 3.63) is 28.5 Å². The van der Waals surface area contributed by atoms with Crippen molar-refractivity contribution >= 4 is 33.4 Å². The third kappa shape index (κ3) is 3.76. The number of alkyl halides is 1. The molecule has 0 aliphatic heterocycles. The first-order valence-corrected chi connectivity index (χ1v) is 6.47. The first-order chi connectivity index (χ1) is 7.69. The summed E-state index contributed by atoms with van der Waals surface area (Å²) in [6, 6.07) is 1.78. The van der Waals surface area contributed by atoms with Crippen LogP contribution in [0.25, 0.3) is 0 Å². The Morgan fingerprint density at radius 1 is 1.56 bits per heavy atom. The molecule has 16 heavy (non-hydrogen) atoms. The molecule has 1 aromatic rings. The number of carbonyl (C=O) groups is 1. The summed E-state index contributed by atoms with van der Waals surface area (Å²) in [7, 11) is 0. The average molecular weight is 306 g/mol.